The molecule has 2 N–H and O–H groups in total. The van der Waals surface area contributed by atoms with Crippen molar-refractivity contribution in [3.05, 3.63) is 66.2 Å². The van der Waals surface area contributed by atoms with E-state index in [2.05, 4.69) is 20.4 Å². The molecular formula is C20H16F3N7O2. The van der Waals surface area contributed by atoms with Crippen molar-refractivity contribution in [2.75, 3.05) is 11.9 Å². The number of carbonyl (C=O) groups excluding carboxylic acids is 2. The van der Waals surface area contributed by atoms with E-state index in [1.807, 2.05) is 30.3 Å². The fourth-order valence-electron chi connectivity index (χ4n) is 3.01. The highest BCUT2D eigenvalue weighted by Crippen LogP contribution is 2.19. The number of anilines is 1. The van der Waals surface area contributed by atoms with Gasteiger partial charge < -0.3 is 10.6 Å². The summed E-state index contributed by atoms with van der Waals surface area (Å²) in [6.45, 7) is -1.52. The average molecular weight is 443 g/mol. The molecule has 2 amide bonds. The Balaban J connectivity index is 1.55. The first-order valence-corrected chi connectivity index (χ1v) is 9.31. The van der Waals surface area contributed by atoms with Gasteiger partial charge in [-0.2, -0.15) is 23.3 Å². The van der Waals surface area contributed by atoms with E-state index in [4.69, 9.17) is 0 Å². The quantitative estimate of drug-likeness (QED) is 0.493. The summed E-state index contributed by atoms with van der Waals surface area (Å²) in [4.78, 5) is 33.6. The summed E-state index contributed by atoms with van der Waals surface area (Å²) in [5, 5.41) is 8.06. The Bertz CT molecular complexity index is 1300. The van der Waals surface area contributed by atoms with Crippen LogP contribution in [0.2, 0.25) is 0 Å². The minimum atomic E-state index is -4.58. The van der Waals surface area contributed by atoms with Gasteiger partial charge in [-0.05, 0) is 6.07 Å². The maximum Gasteiger partial charge on any atom is 0.405 e. The SMILES string of the molecule is Cn1ncc(C(=O)NCC(F)(F)F)c1C(=O)Nc1ccn2cc(-c3ccccc3)nc2n1. The highest BCUT2D eigenvalue weighted by molar-refractivity contribution is 6.10. The van der Waals surface area contributed by atoms with Crippen LogP contribution in [0.5, 0.6) is 0 Å². The second-order valence-electron chi connectivity index (χ2n) is 6.79. The van der Waals surface area contributed by atoms with Crippen LogP contribution < -0.4 is 10.6 Å². The summed E-state index contributed by atoms with van der Waals surface area (Å²) in [5.41, 5.74) is 1.09. The van der Waals surface area contributed by atoms with Crippen LogP contribution in [0.1, 0.15) is 20.8 Å². The molecule has 0 atom stereocenters. The number of nitrogens with one attached hydrogen (secondary N) is 2. The smallest absolute Gasteiger partial charge is 0.343 e. The minimum Gasteiger partial charge on any atom is -0.343 e. The van der Waals surface area contributed by atoms with Crippen molar-refractivity contribution >= 4 is 23.4 Å². The van der Waals surface area contributed by atoms with E-state index in [0.29, 0.717) is 11.5 Å². The summed E-state index contributed by atoms with van der Waals surface area (Å²) in [5.74, 6) is -1.34. The molecule has 3 aromatic heterocycles. The lowest BCUT2D eigenvalue weighted by Crippen LogP contribution is -2.34. The van der Waals surface area contributed by atoms with Crippen LogP contribution in [0, 0.1) is 0 Å². The number of aryl methyl sites for hydroxylation is 1. The number of benzene rings is 1. The molecule has 0 spiro atoms. The van der Waals surface area contributed by atoms with Gasteiger partial charge in [0, 0.05) is 25.0 Å². The fourth-order valence-corrected chi connectivity index (χ4v) is 3.01. The Hall–Kier alpha value is -4.22. The van der Waals surface area contributed by atoms with Gasteiger partial charge in [-0.3, -0.25) is 18.7 Å². The molecule has 0 bridgehead atoms. The van der Waals surface area contributed by atoms with E-state index in [0.717, 1.165) is 16.4 Å². The van der Waals surface area contributed by atoms with Crippen molar-refractivity contribution in [2.45, 2.75) is 6.18 Å². The van der Waals surface area contributed by atoms with E-state index < -0.39 is 24.5 Å². The van der Waals surface area contributed by atoms with Gasteiger partial charge in [0.2, 0.25) is 5.78 Å². The Labute approximate surface area is 178 Å². The molecule has 0 aliphatic heterocycles. The zero-order valence-electron chi connectivity index (χ0n) is 16.6. The molecule has 1 aromatic carbocycles. The van der Waals surface area contributed by atoms with Gasteiger partial charge >= 0.3 is 6.18 Å². The predicted octanol–water partition coefficient (Wildman–Crippen LogP) is 2.67. The molecule has 0 unspecified atom stereocenters. The molecule has 0 fully saturated rings. The molecule has 3 heterocycles. The Morgan fingerprint density at radius 2 is 1.81 bits per heavy atom. The molecule has 164 valence electrons. The van der Waals surface area contributed by atoms with Gasteiger partial charge in [-0.25, -0.2) is 4.98 Å². The summed E-state index contributed by atoms with van der Waals surface area (Å²) < 4.78 is 39.9. The standard InChI is InChI=1S/C20H16F3N7O2/c1-29-16(13(9-25-29)17(31)24-11-20(21,22)23)18(32)27-15-7-8-30-10-14(26-19(30)28-15)12-5-3-2-4-6-12/h2-10H,11H2,1H3,(H,24,31)(H,26,27,28,32). The molecule has 0 radical (unpaired) electrons. The number of hydrogen-bond donors (Lipinski definition) is 2. The van der Waals surface area contributed by atoms with Crippen molar-refractivity contribution in [1.82, 2.24) is 29.5 Å². The third kappa shape index (κ3) is 4.43. The van der Waals surface area contributed by atoms with Crippen molar-refractivity contribution in [1.29, 1.82) is 0 Å². The molecule has 0 saturated carbocycles. The molecule has 9 nitrogen and oxygen atoms in total. The van der Waals surface area contributed by atoms with Gasteiger partial charge in [0.15, 0.2) is 0 Å². The summed E-state index contributed by atoms with van der Waals surface area (Å²) in [6.07, 6.45) is -0.120. The summed E-state index contributed by atoms with van der Waals surface area (Å²) >= 11 is 0. The zero-order chi connectivity index (χ0) is 22.9. The van der Waals surface area contributed by atoms with E-state index in [1.54, 1.807) is 22.1 Å². The van der Waals surface area contributed by atoms with Crippen LogP contribution in [0.15, 0.2) is 55.0 Å². The van der Waals surface area contributed by atoms with Crippen molar-refractivity contribution in [2.24, 2.45) is 7.05 Å². The van der Waals surface area contributed by atoms with Crippen LogP contribution >= 0.6 is 0 Å². The molecule has 0 saturated heterocycles. The summed E-state index contributed by atoms with van der Waals surface area (Å²) in [6, 6.07) is 11.0. The van der Waals surface area contributed by atoms with Gasteiger partial charge in [-0.1, -0.05) is 30.3 Å². The van der Waals surface area contributed by atoms with Gasteiger partial charge in [-0.15, -0.1) is 0 Å². The van der Waals surface area contributed by atoms with Crippen molar-refractivity contribution in [3.8, 4) is 11.3 Å². The lowest BCUT2D eigenvalue weighted by molar-refractivity contribution is -0.123. The number of imidazole rings is 1. The molecule has 32 heavy (non-hydrogen) atoms. The number of hydrogen-bond acceptors (Lipinski definition) is 5. The lowest BCUT2D eigenvalue weighted by Gasteiger charge is -2.09. The first-order chi connectivity index (χ1) is 15.2. The highest BCUT2D eigenvalue weighted by atomic mass is 19.4. The Morgan fingerprint density at radius 1 is 1.06 bits per heavy atom. The molecule has 0 aliphatic rings. The first kappa shape index (κ1) is 21.0. The van der Waals surface area contributed by atoms with E-state index in [9.17, 15) is 22.8 Å². The molecule has 4 rings (SSSR count). The number of amides is 2. The normalized spacial score (nSPS) is 11.5. The summed E-state index contributed by atoms with van der Waals surface area (Å²) in [7, 11) is 1.40. The second kappa shape index (κ2) is 8.13. The van der Waals surface area contributed by atoms with Crippen LogP contribution in [0.3, 0.4) is 0 Å². The van der Waals surface area contributed by atoms with Gasteiger partial charge in [0.05, 0.1) is 17.5 Å². The van der Waals surface area contributed by atoms with Crippen LogP contribution in [0.25, 0.3) is 17.0 Å². The second-order valence-corrected chi connectivity index (χ2v) is 6.79. The van der Waals surface area contributed by atoms with Crippen molar-refractivity contribution in [3.63, 3.8) is 0 Å². The number of aromatic nitrogens is 5. The van der Waals surface area contributed by atoms with E-state index in [-0.39, 0.29) is 17.1 Å². The number of nitrogens with zero attached hydrogens (tertiary/aromatic N) is 5. The first-order valence-electron chi connectivity index (χ1n) is 9.31. The molecule has 12 heteroatoms. The predicted molar refractivity (Wildman–Crippen MR) is 108 cm³/mol. The number of carbonyl (C=O) groups is 2. The van der Waals surface area contributed by atoms with Crippen LogP contribution in [-0.4, -0.2) is 48.7 Å². The Kier molecular flexibility index (Phi) is 5.34. The molecule has 4 aromatic rings. The third-order valence-electron chi connectivity index (χ3n) is 4.49. The maximum absolute atomic E-state index is 12.7. The number of rotatable bonds is 5. The van der Waals surface area contributed by atoms with Crippen molar-refractivity contribution < 1.29 is 22.8 Å². The fraction of sp³-hybridized carbons (Fsp3) is 0.150. The molecule has 0 aliphatic carbocycles. The minimum absolute atomic E-state index is 0.149. The third-order valence-corrected chi connectivity index (χ3v) is 4.49. The number of fused-ring (bicyclic) bond motifs is 1. The average Bonchev–Trinajstić information content (AvgIpc) is 3.35. The Morgan fingerprint density at radius 3 is 2.53 bits per heavy atom. The largest absolute Gasteiger partial charge is 0.405 e. The topological polar surface area (TPSA) is 106 Å². The van der Waals surface area contributed by atoms with E-state index in [1.165, 1.54) is 13.1 Å². The molecular weight excluding hydrogens is 427 g/mol. The monoisotopic (exact) mass is 443 g/mol. The number of halogens is 3. The van der Waals surface area contributed by atoms with Crippen LogP contribution in [0.4, 0.5) is 19.0 Å². The zero-order valence-corrected chi connectivity index (χ0v) is 16.6. The lowest BCUT2D eigenvalue weighted by atomic mass is 10.2. The highest BCUT2D eigenvalue weighted by Gasteiger charge is 2.30. The van der Waals surface area contributed by atoms with Gasteiger partial charge in [0.25, 0.3) is 11.8 Å². The number of alkyl halides is 3. The van der Waals surface area contributed by atoms with E-state index >= 15 is 0 Å². The van der Waals surface area contributed by atoms with Gasteiger partial charge in [0.1, 0.15) is 18.1 Å². The maximum atomic E-state index is 12.7. The van der Waals surface area contributed by atoms with Crippen LogP contribution in [-0.2, 0) is 7.05 Å².